The number of rotatable bonds is 2. The number of nitrogens with zero attached hydrogens (tertiary/aromatic N) is 1. The maximum atomic E-state index is 11.5. The van der Waals surface area contributed by atoms with E-state index in [4.69, 9.17) is 5.26 Å². The third-order valence-corrected chi connectivity index (χ3v) is 4.57. The third kappa shape index (κ3) is 1.59. The summed E-state index contributed by atoms with van der Waals surface area (Å²) in [7, 11) is 0. The Labute approximate surface area is 99.6 Å². The van der Waals surface area contributed by atoms with E-state index in [0.29, 0.717) is 11.8 Å². The lowest BCUT2D eigenvalue weighted by atomic mass is 10.0. The zero-order valence-electron chi connectivity index (χ0n) is 9.48. The molecule has 2 N–H and O–H groups in total. The highest BCUT2D eigenvalue weighted by Crippen LogP contribution is 2.65. The average Bonchev–Trinajstić information content (AvgIpc) is 2.75. The highest BCUT2D eigenvalue weighted by atomic mass is 16.2. The zero-order valence-corrected chi connectivity index (χ0v) is 9.48. The molecule has 2 bridgehead atoms. The third-order valence-electron chi connectivity index (χ3n) is 4.57. The number of amides is 2. The first-order valence-electron chi connectivity index (χ1n) is 6.18. The number of carbonyl (C=O) groups excluding carboxylic acids is 2. The van der Waals surface area contributed by atoms with Crippen LogP contribution in [0, 0.1) is 35.0 Å². The monoisotopic (exact) mass is 233 g/mol. The Hall–Kier alpha value is -1.57. The van der Waals surface area contributed by atoms with Crippen LogP contribution < -0.4 is 10.6 Å². The number of hydrogen-bond acceptors (Lipinski definition) is 3. The molecule has 3 fully saturated rings. The maximum Gasteiger partial charge on any atom is 0.310 e. The van der Waals surface area contributed by atoms with Crippen LogP contribution in [0.15, 0.2) is 0 Å². The fourth-order valence-corrected chi connectivity index (χ4v) is 3.94. The van der Waals surface area contributed by atoms with Crippen LogP contribution in [0.5, 0.6) is 0 Å². The molecule has 4 unspecified atom stereocenters. The molecule has 3 aliphatic carbocycles. The Balaban J connectivity index is 1.51. The standard InChI is InChI=1S/C12H15N3O2/c13-3-4-14-11(16)12(17)15-10-8-6-1-2-7(5-6)9(8)10/h6-10H,1-2,4-5H2,(H,14,16)(H,15,17). The van der Waals surface area contributed by atoms with Gasteiger partial charge in [0.25, 0.3) is 0 Å². The van der Waals surface area contributed by atoms with Crippen LogP contribution in [-0.4, -0.2) is 24.4 Å². The second-order valence-corrected chi connectivity index (χ2v) is 5.33. The summed E-state index contributed by atoms with van der Waals surface area (Å²) in [6.45, 7) is -0.116. The van der Waals surface area contributed by atoms with Gasteiger partial charge < -0.3 is 10.6 Å². The van der Waals surface area contributed by atoms with E-state index in [1.165, 1.54) is 19.3 Å². The van der Waals surface area contributed by atoms with E-state index in [1.54, 1.807) is 6.07 Å². The fraction of sp³-hybridized carbons (Fsp3) is 0.750. The lowest BCUT2D eigenvalue weighted by Gasteiger charge is -2.09. The SMILES string of the molecule is N#CCNC(=O)C(=O)NC1C2C3CCC(C3)C12. The van der Waals surface area contributed by atoms with Gasteiger partial charge in [-0.25, -0.2) is 0 Å². The van der Waals surface area contributed by atoms with E-state index in [9.17, 15) is 9.59 Å². The number of carbonyl (C=O) groups is 2. The Morgan fingerprint density at radius 3 is 2.41 bits per heavy atom. The Morgan fingerprint density at radius 2 is 1.82 bits per heavy atom. The second kappa shape index (κ2) is 3.73. The molecule has 0 spiro atoms. The minimum atomic E-state index is -0.691. The van der Waals surface area contributed by atoms with Crippen LogP contribution in [0.3, 0.4) is 0 Å². The van der Waals surface area contributed by atoms with E-state index < -0.39 is 11.8 Å². The van der Waals surface area contributed by atoms with Crippen LogP contribution in [0.2, 0.25) is 0 Å². The van der Waals surface area contributed by atoms with Gasteiger partial charge in [-0.15, -0.1) is 0 Å². The van der Waals surface area contributed by atoms with Gasteiger partial charge in [-0.1, -0.05) is 0 Å². The molecule has 0 heterocycles. The molecule has 3 saturated carbocycles. The molecule has 3 aliphatic rings. The van der Waals surface area contributed by atoms with Crippen molar-refractivity contribution < 1.29 is 9.59 Å². The van der Waals surface area contributed by atoms with Crippen LogP contribution in [-0.2, 0) is 9.59 Å². The van der Waals surface area contributed by atoms with Crippen LogP contribution >= 0.6 is 0 Å². The lowest BCUT2D eigenvalue weighted by molar-refractivity contribution is -0.139. The Bertz CT molecular complexity index is 398. The maximum absolute atomic E-state index is 11.5. The van der Waals surface area contributed by atoms with E-state index in [0.717, 1.165) is 11.8 Å². The number of nitrogens with one attached hydrogen (secondary N) is 2. The number of nitriles is 1. The van der Waals surface area contributed by atoms with E-state index in [-0.39, 0.29) is 12.6 Å². The molecule has 90 valence electrons. The van der Waals surface area contributed by atoms with Gasteiger partial charge in [-0.05, 0) is 42.9 Å². The fourth-order valence-electron chi connectivity index (χ4n) is 3.94. The predicted molar refractivity (Wildman–Crippen MR) is 58.4 cm³/mol. The minimum Gasteiger partial charge on any atom is -0.345 e. The molecule has 17 heavy (non-hydrogen) atoms. The minimum absolute atomic E-state index is 0.116. The molecule has 0 aromatic carbocycles. The summed E-state index contributed by atoms with van der Waals surface area (Å²) in [5.74, 6) is 1.53. The van der Waals surface area contributed by atoms with Gasteiger partial charge in [0.05, 0.1) is 6.07 Å². The first-order valence-corrected chi connectivity index (χ1v) is 6.18. The number of fused-ring (bicyclic) bond motifs is 5. The molecule has 4 atom stereocenters. The topological polar surface area (TPSA) is 82.0 Å². The summed E-state index contributed by atoms with van der Waals surface area (Å²) < 4.78 is 0. The van der Waals surface area contributed by atoms with E-state index in [2.05, 4.69) is 10.6 Å². The van der Waals surface area contributed by atoms with Crippen molar-refractivity contribution >= 4 is 11.8 Å². The summed E-state index contributed by atoms with van der Waals surface area (Å²) in [6, 6.07) is 2.00. The van der Waals surface area contributed by atoms with Gasteiger partial charge in [0.2, 0.25) is 0 Å². The van der Waals surface area contributed by atoms with Crippen LogP contribution in [0.4, 0.5) is 0 Å². The molecule has 5 nitrogen and oxygen atoms in total. The molecule has 0 radical (unpaired) electrons. The Kier molecular flexibility index (Phi) is 2.32. The highest BCUT2D eigenvalue weighted by molar-refractivity contribution is 6.35. The summed E-state index contributed by atoms with van der Waals surface area (Å²) in [5.41, 5.74) is 0. The predicted octanol–water partition coefficient (Wildman–Crippen LogP) is -0.213. The summed E-state index contributed by atoms with van der Waals surface area (Å²) in [5, 5.41) is 13.4. The van der Waals surface area contributed by atoms with Crippen LogP contribution in [0.25, 0.3) is 0 Å². The average molecular weight is 233 g/mol. The van der Waals surface area contributed by atoms with Crippen molar-refractivity contribution in [3.8, 4) is 6.07 Å². The molecule has 0 saturated heterocycles. The zero-order chi connectivity index (χ0) is 12.0. The van der Waals surface area contributed by atoms with Gasteiger partial charge in [-0.2, -0.15) is 5.26 Å². The van der Waals surface area contributed by atoms with Crippen molar-refractivity contribution in [3.05, 3.63) is 0 Å². The van der Waals surface area contributed by atoms with E-state index >= 15 is 0 Å². The van der Waals surface area contributed by atoms with Crippen molar-refractivity contribution in [2.45, 2.75) is 25.3 Å². The molecule has 0 aliphatic heterocycles. The van der Waals surface area contributed by atoms with Gasteiger partial charge in [0.1, 0.15) is 6.54 Å². The van der Waals surface area contributed by atoms with Gasteiger partial charge in [0.15, 0.2) is 0 Å². The quantitative estimate of drug-likeness (QED) is 0.511. The van der Waals surface area contributed by atoms with Gasteiger partial charge >= 0.3 is 11.8 Å². The molecule has 5 heteroatoms. The first-order chi connectivity index (χ1) is 8.22. The molecule has 0 aromatic heterocycles. The lowest BCUT2D eigenvalue weighted by Crippen LogP contribution is -2.42. The second-order valence-electron chi connectivity index (χ2n) is 5.33. The highest BCUT2D eigenvalue weighted by Gasteiger charge is 2.65. The smallest absolute Gasteiger partial charge is 0.310 e. The molecule has 3 rings (SSSR count). The van der Waals surface area contributed by atoms with Crippen molar-refractivity contribution in [1.82, 2.24) is 10.6 Å². The molecule has 0 aromatic rings. The van der Waals surface area contributed by atoms with Crippen LogP contribution in [0.1, 0.15) is 19.3 Å². The van der Waals surface area contributed by atoms with Crippen molar-refractivity contribution in [2.75, 3.05) is 6.54 Å². The van der Waals surface area contributed by atoms with Crippen molar-refractivity contribution in [3.63, 3.8) is 0 Å². The largest absolute Gasteiger partial charge is 0.345 e. The molecular formula is C12H15N3O2. The van der Waals surface area contributed by atoms with Crippen molar-refractivity contribution in [1.29, 1.82) is 5.26 Å². The van der Waals surface area contributed by atoms with Crippen molar-refractivity contribution in [2.24, 2.45) is 23.7 Å². The van der Waals surface area contributed by atoms with E-state index in [1.807, 2.05) is 0 Å². The first kappa shape index (κ1) is 10.6. The molecule has 2 amide bonds. The Morgan fingerprint density at radius 1 is 1.18 bits per heavy atom. The summed E-state index contributed by atoms with van der Waals surface area (Å²) in [6.07, 6.45) is 3.90. The molecular weight excluding hydrogens is 218 g/mol. The van der Waals surface area contributed by atoms with Gasteiger partial charge in [0, 0.05) is 6.04 Å². The number of hydrogen-bond donors (Lipinski definition) is 2. The summed E-state index contributed by atoms with van der Waals surface area (Å²) >= 11 is 0. The summed E-state index contributed by atoms with van der Waals surface area (Å²) in [4.78, 5) is 22.8. The van der Waals surface area contributed by atoms with Gasteiger partial charge in [-0.3, -0.25) is 9.59 Å². The normalized spacial score (nSPS) is 40.3.